The topological polar surface area (TPSA) is 37.8 Å². The Morgan fingerprint density at radius 2 is 1.76 bits per heavy atom. The van der Waals surface area contributed by atoms with Gasteiger partial charge in [-0.3, -0.25) is 0 Å². The average molecular weight is 293 g/mol. The summed E-state index contributed by atoms with van der Waals surface area (Å²) in [5.41, 5.74) is 0.931. The lowest BCUT2D eigenvalue weighted by Crippen LogP contribution is -2.16. The summed E-state index contributed by atoms with van der Waals surface area (Å²) in [7, 11) is 0. The van der Waals surface area contributed by atoms with E-state index < -0.39 is 11.9 Å². The Labute approximate surface area is 120 Å². The summed E-state index contributed by atoms with van der Waals surface area (Å²) in [6.07, 6.45) is -3.40. The Bertz CT molecular complexity index is 639. The van der Waals surface area contributed by atoms with Crippen LogP contribution < -0.4 is 5.32 Å². The number of halogens is 3. The van der Waals surface area contributed by atoms with E-state index in [0.29, 0.717) is 25.1 Å². The summed E-state index contributed by atoms with van der Waals surface area (Å²) in [5, 5.41) is 2.90. The molecule has 0 aliphatic carbocycles. The van der Waals surface area contributed by atoms with E-state index in [4.69, 9.17) is 0 Å². The van der Waals surface area contributed by atoms with Crippen LogP contribution in [0.5, 0.6) is 0 Å². The van der Waals surface area contributed by atoms with Crippen LogP contribution in [0, 0.1) is 0 Å². The van der Waals surface area contributed by atoms with Gasteiger partial charge in [0.25, 0.3) is 0 Å². The Hall–Kier alpha value is -1.95. The van der Waals surface area contributed by atoms with Gasteiger partial charge in [-0.15, -0.1) is 0 Å². The number of aryl methyl sites for hydroxylation is 2. The van der Waals surface area contributed by atoms with Crippen LogP contribution in [0.25, 0.3) is 0 Å². The van der Waals surface area contributed by atoms with Crippen molar-refractivity contribution in [2.75, 3.05) is 0 Å². The van der Waals surface area contributed by atoms with Gasteiger partial charge in [0.2, 0.25) is 0 Å². The van der Waals surface area contributed by atoms with Crippen molar-refractivity contribution >= 4 is 0 Å². The zero-order valence-electron chi connectivity index (χ0n) is 11.2. The summed E-state index contributed by atoms with van der Waals surface area (Å²) in [6.45, 7) is 0.558. The van der Waals surface area contributed by atoms with Crippen LogP contribution in [0.1, 0.15) is 28.3 Å². The molecule has 3 nitrogen and oxygen atoms in total. The minimum absolute atomic E-state index is 0.184. The minimum atomic E-state index is -4.43. The van der Waals surface area contributed by atoms with E-state index in [0.717, 1.165) is 5.56 Å². The van der Waals surface area contributed by atoms with E-state index in [9.17, 15) is 13.2 Å². The molecule has 0 fully saturated rings. The molecule has 21 heavy (non-hydrogen) atoms. The highest BCUT2D eigenvalue weighted by molar-refractivity contribution is 5.31. The van der Waals surface area contributed by atoms with E-state index in [1.165, 1.54) is 0 Å². The number of alkyl halides is 3. The predicted octanol–water partition coefficient (Wildman–Crippen LogP) is 2.88. The molecule has 1 N–H and O–H groups in total. The van der Waals surface area contributed by atoms with E-state index in [-0.39, 0.29) is 17.9 Å². The number of rotatable bonds is 3. The summed E-state index contributed by atoms with van der Waals surface area (Å²) >= 11 is 0. The van der Waals surface area contributed by atoms with Crippen molar-refractivity contribution in [1.82, 2.24) is 15.3 Å². The largest absolute Gasteiger partial charge is 0.433 e. The van der Waals surface area contributed by atoms with E-state index in [2.05, 4.69) is 15.3 Å². The molecule has 6 heteroatoms. The van der Waals surface area contributed by atoms with Crippen LogP contribution in [-0.4, -0.2) is 9.97 Å². The molecule has 110 valence electrons. The maximum absolute atomic E-state index is 13.1. The number of aromatic nitrogens is 2. The van der Waals surface area contributed by atoms with Crippen molar-refractivity contribution in [2.45, 2.75) is 32.1 Å². The highest BCUT2D eigenvalue weighted by atomic mass is 19.4. The third-order valence-electron chi connectivity index (χ3n) is 3.48. The van der Waals surface area contributed by atoms with Gasteiger partial charge in [0, 0.05) is 25.1 Å². The maximum atomic E-state index is 13.1. The molecule has 1 aromatic carbocycles. The molecule has 0 bridgehead atoms. The Morgan fingerprint density at radius 3 is 2.48 bits per heavy atom. The van der Waals surface area contributed by atoms with Crippen LogP contribution >= 0.6 is 0 Å². The van der Waals surface area contributed by atoms with Gasteiger partial charge < -0.3 is 5.32 Å². The first-order valence-electron chi connectivity index (χ1n) is 6.74. The van der Waals surface area contributed by atoms with Gasteiger partial charge >= 0.3 is 6.18 Å². The van der Waals surface area contributed by atoms with Crippen molar-refractivity contribution in [3.63, 3.8) is 0 Å². The Morgan fingerprint density at radius 1 is 1.00 bits per heavy atom. The summed E-state index contributed by atoms with van der Waals surface area (Å²) in [5.74, 6) is 0.258. The van der Waals surface area contributed by atoms with Gasteiger partial charge in [-0.2, -0.15) is 13.2 Å². The zero-order chi connectivity index (χ0) is 14.9. The summed E-state index contributed by atoms with van der Waals surface area (Å²) < 4.78 is 39.2. The molecule has 0 unspecified atom stereocenters. The standard InChI is InChI=1S/C15H14F3N3/c16-15(17,18)14-11-8-19-9-12(11)20-13(21-14)7-6-10-4-2-1-3-5-10/h1-5,19H,6-9H2. The minimum Gasteiger partial charge on any atom is -0.307 e. The fourth-order valence-corrected chi connectivity index (χ4v) is 2.47. The molecule has 1 aromatic heterocycles. The highest BCUT2D eigenvalue weighted by Gasteiger charge is 2.38. The second-order valence-electron chi connectivity index (χ2n) is 5.00. The number of hydrogen-bond acceptors (Lipinski definition) is 3. The van der Waals surface area contributed by atoms with Crippen molar-refractivity contribution in [3.8, 4) is 0 Å². The molecule has 2 heterocycles. The second kappa shape index (κ2) is 5.44. The number of benzene rings is 1. The Balaban J connectivity index is 1.86. The van der Waals surface area contributed by atoms with Gasteiger partial charge in [-0.05, 0) is 12.0 Å². The summed E-state index contributed by atoms with van der Waals surface area (Å²) in [4.78, 5) is 8.02. The number of hydrogen-bond donors (Lipinski definition) is 1. The third kappa shape index (κ3) is 3.05. The smallest absolute Gasteiger partial charge is 0.307 e. The van der Waals surface area contributed by atoms with Crippen LogP contribution in [0.2, 0.25) is 0 Å². The number of fused-ring (bicyclic) bond motifs is 1. The number of nitrogens with one attached hydrogen (secondary N) is 1. The predicted molar refractivity (Wildman–Crippen MR) is 71.4 cm³/mol. The van der Waals surface area contributed by atoms with Gasteiger partial charge in [-0.1, -0.05) is 30.3 Å². The molecular weight excluding hydrogens is 279 g/mol. The van der Waals surface area contributed by atoms with Crippen LogP contribution in [-0.2, 0) is 32.1 Å². The van der Waals surface area contributed by atoms with Crippen LogP contribution in [0.15, 0.2) is 30.3 Å². The van der Waals surface area contributed by atoms with Gasteiger partial charge in [0.05, 0.1) is 5.69 Å². The van der Waals surface area contributed by atoms with Crippen molar-refractivity contribution in [2.24, 2.45) is 0 Å². The molecule has 0 amide bonds. The molecule has 0 spiro atoms. The van der Waals surface area contributed by atoms with E-state index in [1.807, 2.05) is 30.3 Å². The molecular formula is C15H14F3N3. The molecule has 1 aliphatic rings. The first kappa shape index (κ1) is 14.0. The van der Waals surface area contributed by atoms with Crippen LogP contribution in [0.4, 0.5) is 13.2 Å². The normalized spacial score (nSPS) is 14.2. The molecule has 3 rings (SSSR count). The van der Waals surface area contributed by atoms with Crippen molar-refractivity contribution in [3.05, 3.63) is 58.7 Å². The molecule has 2 aromatic rings. The maximum Gasteiger partial charge on any atom is 0.433 e. The molecule has 0 saturated carbocycles. The highest BCUT2D eigenvalue weighted by Crippen LogP contribution is 2.33. The molecule has 0 saturated heterocycles. The fraction of sp³-hybridized carbons (Fsp3) is 0.333. The third-order valence-corrected chi connectivity index (χ3v) is 3.48. The first-order chi connectivity index (χ1) is 10.0. The first-order valence-corrected chi connectivity index (χ1v) is 6.74. The molecule has 0 atom stereocenters. The van der Waals surface area contributed by atoms with E-state index in [1.54, 1.807) is 0 Å². The SMILES string of the molecule is FC(F)(F)c1nc(CCc2ccccc2)nc2c1CNC2. The summed E-state index contributed by atoms with van der Waals surface area (Å²) in [6, 6.07) is 9.61. The van der Waals surface area contributed by atoms with Gasteiger partial charge in [0.1, 0.15) is 5.82 Å². The lowest BCUT2D eigenvalue weighted by Gasteiger charge is -2.12. The second-order valence-corrected chi connectivity index (χ2v) is 5.00. The quantitative estimate of drug-likeness (QED) is 0.945. The number of nitrogens with zero attached hydrogens (tertiary/aromatic N) is 2. The van der Waals surface area contributed by atoms with Gasteiger partial charge in [0.15, 0.2) is 5.69 Å². The Kier molecular flexibility index (Phi) is 3.63. The van der Waals surface area contributed by atoms with Crippen molar-refractivity contribution < 1.29 is 13.2 Å². The monoisotopic (exact) mass is 293 g/mol. The van der Waals surface area contributed by atoms with Crippen molar-refractivity contribution in [1.29, 1.82) is 0 Å². The molecule has 0 radical (unpaired) electrons. The zero-order valence-corrected chi connectivity index (χ0v) is 11.2. The molecule has 1 aliphatic heterocycles. The lowest BCUT2D eigenvalue weighted by molar-refractivity contribution is -0.142. The lowest BCUT2D eigenvalue weighted by atomic mass is 10.1. The fourth-order valence-electron chi connectivity index (χ4n) is 2.47. The van der Waals surface area contributed by atoms with Gasteiger partial charge in [-0.25, -0.2) is 9.97 Å². The van der Waals surface area contributed by atoms with E-state index >= 15 is 0 Å². The van der Waals surface area contributed by atoms with Crippen LogP contribution in [0.3, 0.4) is 0 Å². The average Bonchev–Trinajstić information content (AvgIpc) is 2.92.